The first-order valence-electron chi connectivity index (χ1n) is 15.1. The molecule has 206 valence electrons. The molecule has 0 saturated heterocycles. The van der Waals surface area contributed by atoms with Gasteiger partial charge in [-0.3, -0.25) is 0 Å². The average molecular weight is 571 g/mol. The van der Waals surface area contributed by atoms with Crippen LogP contribution in [0.1, 0.15) is 25.0 Å². The summed E-state index contributed by atoms with van der Waals surface area (Å²) in [5.41, 5.74) is 8.63. The molecule has 3 heteroatoms. The lowest BCUT2D eigenvalue weighted by atomic mass is 9.91. The molecule has 0 saturated carbocycles. The Kier molecular flexibility index (Phi) is 5.21. The topological polar surface area (TPSA) is 17.0 Å². The number of aromatic nitrogens is 1. The zero-order valence-corrected chi connectivity index (χ0v) is 25.1. The third-order valence-corrected chi connectivity index (χ3v) is 10.7. The van der Waals surface area contributed by atoms with E-state index in [4.69, 9.17) is 0 Å². The van der Waals surface area contributed by atoms with Gasteiger partial charge < -0.3 is 9.88 Å². The van der Waals surface area contributed by atoms with Crippen molar-refractivity contribution in [1.82, 2.24) is 4.57 Å². The molecule has 0 aliphatic carbocycles. The summed E-state index contributed by atoms with van der Waals surface area (Å²) < 4.78 is 5.12. The smallest absolute Gasteiger partial charge is 0.0610 e. The zero-order valence-electron chi connectivity index (χ0n) is 24.2. The predicted molar refractivity (Wildman–Crippen MR) is 190 cm³/mol. The van der Waals surface area contributed by atoms with Gasteiger partial charge in [0.05, 0.1) is 10.4 Å². The first-order chi connectivity index (χ1) is 21.1. The molecule has 3 heterocycles. The summed E-state index contributed by atoms with van der Waals surface area (Å²) in [4.78, 5) is 0. The second-order valence-corrected chi connectivity index (χ2v) is 12.8. The second-order valence-electron chi connectivity index (χ2n) is 11.7. The van der Waals surface area contributed by atoms with E-state index in [9.17, 15) is 0 Å². The summed E-state index contributed by atoms with van der Waals surface area (Å²) in [7, 11) is 0. The van der Waals surface area contributed by atoms with Crippen LogP contribution < -0.4 is 5.32 Å². The Labute approximate surface area is 254 Å². The lowest BCUT2D eigenvalue weighted by Gasteiger charge is -2.11. The number of hydrogen-bond acceptors (Lipinski definition) is 2. The summed E-state index contributed by atoms with van der Waals surface area (Å²) in [6, 6.07) is 38.0. The summed E-state index contributed by atoms with van der Waals surface area (Å²) in [6.07, 6.45) is 2.32. The number of hydrogen-bond donors (Lipinski definition) is 1. The molecular weight excluding hydrogens is 541 g/mol. The standard InChI is InChI=1S/C40H30N2S/c1-4-42-34-16-10-9-13-28(34)29-19-18-26(22-35(29)42)23(2)21-33-24(3)41-38-36(33)30-14-7-8-15-31(30)37-32-20-17-25-11-5-6-12-27(25)39(32)43-40(37)38/h5-22,24,41H,2,4H2,1,3H3/b33-21+. The van der Waals surface area contributed by atoms with Crippen molar-refractivity contribution in [2.45, 2.75) is 26.4 Å². The molecule has 1 N–H and O–H groups in total. The molecule has 0 fully saturated rings. The predicted octanol–water partition coefficient (Wildman–Crippen LogP) is 11.4. The van der Waals surface area contributed by atoms with Gasteiger partial charge in [0, 0.05) is 55.4 Å². The van der Waals surface area contributed by atoms with Crippen LogP contribution >= 0.6 is 11.3 Å². The first-order valence-corrected chi connectivity index (χ1v) is 15.9. The van der Waals surface area contributed by atoms with Crippen molar-refractivity contribution < 1.29 is 0 Å². The van der Waals surface area contributed by atoms with Gasteiger partial charge in [0.25, 0.3) is 0 Å². The summed E-state index contributed by atoms with van der Waals surface area (Å²) in [5, 5.41) is 14.5. The average Bonchev–Trinajstić information content (AvgIpc) is 3.70. The van der Waals surface area contributed by atoms with Crippen LogP contribution in [0.3, 0.4) is 0 Å². The van der Waals surface area contributed by atoms with E-state index < -0.39 is 0 Å². The summed E-state index contributed by atoms with van der Waals surface area (Å²) in [5.74, 6) is 0. The molecule has 1 aliphatic heterocycles. The number of aryl methyl sites for hydroxylation is 1. The number of rotatable bonds is 3. The number of nitrogens with zero attached hydrogens (tertiary/aromatic N) is 1. The van der Waals surface area contributed by atoms with E-state index in [1.54, 1.807) is 0 Å². The van der Waals surface area contributed by atoms with E-state index >= 15 is 0 Å². The van der Waals surface area contributed by atoms with Crippen LogP contribution in [0.25, 0.3) is 74.7 Å². The molecule has 1 aliphatic rings. The molecule has 2 aromatic heterocycles. The lowest BCUT2D eigenvalue weighted by Crippen LogP contribution is -2.08. The van der Waals surface area contributed by atoms with Gasteiger partial charge in [0.1, 0.15) is 0 Å². The molecular formula is C40H30N2S. The highest BCUT2D eigenvalue weighted by Gasteiger charge is 2.29. The molecule has 0 radical (unpaired) electrons. The highest BCUT2D eigenvalue weighted by Crippen LogP contribution is 2.52. The van der Waals surface area contributed by atoms with E-state index in [0.29, 0.717) is 0 Å². The van der Waals surface area contributed by atoms with Crippen molar-refractivity contribution in [1.29, 1.82) is 0 Å². The third-order valence-electron chi connectivity index (χ3n) is 9.43. The van der Waals surface area contributed by atoms with E-state index in [2.05, 4.69) is 140 Å². The van der Waals surface area contributed by atoms with Gasteiger partial charge >= 0.3 is 0 Å². The van der Waals surface area contributed by atoms with Crippen LogP contribution in [0.4, 0.5) is 5.69 Å². The van der Waals surface area contributed by atoms with E-state index in [-0.39, 0.29) is 6.04 Å². The van der Waals surface area contributed by atoms with Crippen LogP contribution in [-0.2, 0) is 6.54 Å². The Morgan fingerprint density at radius 1 is 0.767 bits per heavy atom. The molecule has 0 spiro atoms. The summed E-state index contributed by atoms with van der Waals surface area (Å²) >= 11 is 1.92. The third kappa shape index (κ3) is 3.40. The SMILES string of the molecule is C=C(/C=C1/c2c(c3sc4c5ccccc5ccc4c3c3ccccc23)NC1C)c1ccc2c3ccccc3n(CC)c2c1. The molecule has 0 bridgehead atoms. The van der Waals surface area contributed by atoms with Gasteiger partial charge in [-0.25, -0.2) is 0 Å². The van der Waals surface area contributed by atoms with Gasteiger partial charge in [-0.15, -0.1) is 11.3 Å². The number of fused-ring (bicyclic) bond motifs is 13. The fourth-order valence-electron chi connectivity index (χ4n) is 7.44. The van der Waals surface area contributed by atoms with Crippen LogP contribution in [0.5, 0.6) is 0 Å². The maximum atomic E-state index is 4.61. The van der Waals surface area contributed by atoms with Gasteiger partial charge in [-0.2, -0.15) is 0 Å². The maximum absolute atomic E-state index is 4.61. The molecule has 2 nitrogen and oxygen atoms in total. The van der Waals surface area contributed by atoms with E-state index in [0.717, 1.165) is 17.7 Å². The second kappa shape index (κ2) is 9.07. The number of allylic oxidation sites excluding steroid dienone is 2. The lowest BCUT2D eigenvalue weighted by molar-refractivity contribution is 0.827. The summed E-state index contributed by atoms with van der Waals surface area (Å²) in [6.45, 7) is 10.0. The molecule has 43 heavy (non-hydrogen) atoms. The highest BCUT2D eigenvalue weighted by atomic mass is 32.1. The Morgan fingerprint density at radius 2 is 1.47 bits per heavy atom. The largest absolute Gasteiger partial charge is 0.377 e. The minimum absolute atomic E-state index is 0.175. The minimum Gasteiger partial charge on any atom is -0.377 e. The van der Waals surface area contributed by atoms with E-state index in [1.807, 2.05) is 11.3 Å². The molecule has 0 amide bonds. The van der Waals surface area contributed by atoms with Crippen molar-refractivity contribution in [2.24, 2.45) is 0 Å². The minimum atomic E-state index is 0.175. The quantitative estimate of drug-likeness (QED) is 0.224. The fourth-order valence-corrected chi connectivity index (χ4v) is 8.81. The molecule has 1 unspecified atom stereocenters. The van der Waals surface area contributed by atoms with E-state index in [1.165, 1.54) is 80.3 Å². The van der Waals surface area contributed by atoms with Crippen molar-refractivity contribution >= 4 is 91.7 Å². The van der Waals surface area contributed by atoms with Crippen LogP contribution in [0.15, 0.2) is 116 Å². The maximum Gasteiger partial charge on any atom is 0.0610 e. The number of anilines is 1. The van der Waals surface area contributed by atoms with Crippen molar-refractivity contribution in [3.05, 3.63) is 127 Å². The number of para-hydroxylation sites is 1. The fraction of sp³-hybridized carbons (Fsp3) is 0.100. The molecule has 8 aromatic rings. The zero-order chi connectivity index (χ0) is 28.8. The van der Waals surface area contributed by atoms with Crippen molar-refractivity contribution in [2.75, 3.05) is 5.32 Å². The van der Waals surface area contributed by atoms with Crippen molar-refractivity contribution in [3.8, 4) is 0 Å². The van der Waals surface area contributed by atoms with Crippen LogP contribution in [0.2, 0.25) is 0 Å². The molecule has 9 rings (SSSR count). The molecule has 1 atom stereocenters. The Hall–Kier alpha value is -4.86. The van der Waals surface area contributed by atoms with Crippen LogP contribution in [-0.4, -0.2) is 10.6 Å². The Balaban J connectivity index is 1.26. The normalized spacial score (nSPS) is 15.9. The van der Waals surface area contributed by atoms with Crippen LogP contribution in [0, 0.1) is 0 Å². The van der Waals surface area contributed by atoms with Gasteiger partial charge in [0.2, 0.25) is 0 Å². The highest BCUT2D eigenvalue weighted by molar-refractivity contribution is 7.27. The number of benzene rings is 6. The van der Waals surface area contributed by atoms with Crippen molar-refractivity contribution in [3.63, 3.8) is 0 Å². The van der Waals surface area contributed by atoms with Gasteiger partial charge in [0.15, 0.2) is 0 Å². The van der Waals surface area contributed by atoms with Gasteiger partial charge in [-0.1, -0.05) is 97.6 Å². The monoisotopic (exact) mass is 570 g/mol. The first kappa shape index (κ1) is 24.7. The van der Waals surface area contributed by atoms with Gasteiger partial charge in [-0.05, 0) is 70.3 Å². The number of thiophene rings is 1. The number of nitrogens with one attached hydrogen (secondary N) is 1. The Bertz CT molecular complexity index is 2500. The Morgan fingerprint density at radius 3 is 2.30 bits per heavy atom. The molecule has 6 aromatic carbocycles.